The molecule has 2 aromatic carbocycles. The Morgan fingerprint density at radius 1 is 1.05 bits per heavy atom. The van der Waals surface area contributed by atoms with Crippen LogP contribution in [0.25, 0.3) is 11.1 Å². The summed E-state index contributed by atoms with van der Waals surface area (Å²) in [6.07, 6.45) is -0.379. The predicted octanol–water partition coefficient (Wildman–Crippen LogP) is 3.92. The maximum Gasteiger partial charge on any atom is 0.165 e. The van der Waals surface area contributed by atoms with Gasteiger partial charge in [0.1, 0.15) is 0 Å². The molecule has 0 radical (unpaired) electrons. The molecule has 0 amide bonds. The first-order valence-electron chi connectivity index (χ1n) is 7.36. The molecule has 2 aromatic rings. The van der Waals surface area contributed by atoms with Crippen molar-refractivity contribution in [3.05, 3.63) is 47.5 Å². The Labute approximate surface area is 130 Å². The number of phenolic OH excluding ortho intramolecular Hbond substituents is 2. The van der Waals surface area contributed by atoms with Gasteiger partial charge in [-0.15, -0.1) is 0 Å². The fraction of sp³-hybridized carbons (Fsp3) is 0.333. The number of aliphatic hydroxyl groups is 1. The number of phenols is 2. The van der Waals surface area contributed by atoms with Crippen molar-refractivity contribution in [3.63, 3.8) is 0 Å². The number of benzene rings is 2. The molecule has 2 atom stereocenters. The molecule has 0 aromatic heterocycles. The van der Waals surface area contributed by atoms with Crippen molar-refractivity contribution >= 4 is 0 Å². The number of aliphatic hydroxyl groups excluding tert-OH is 1. The van der Waals surface area contributed by atoms with E-state index in [1.807, 2.05) is 38.1 Å². The van der Waals surface area contributed by atoms with E-state index in [1.54, 1.807) is 13.2 Å². The molecule has 0 bridgehead atoms. The molecule has 0 aliphatic carbocycles. The van der Waals surface area contributed by atoms with Gasteiger partial charge in [-0.25, -0.2) is 0 Å². The van der Waals surface area contributed by atoms with E-state index in [4.69, 9.17) is 4.74 Å². The van der Waals surface area contributed by atoms with E-state index >= 15 is 0 Å². The standard InChI is InChI=1S/C18H22O4/c1-4-15(19)14-9-10-16(20)18(21)17(14)13-8-6-5-7-12(13)11(2)22-3/h5-11,15,19-21H,4H2,1-3H3. The van der Waals surface area contributed by atoms with Crippen LogP contribution < -0.4 is 0 Å². The molecule has 0 aliphatic rings. The van der Waals surface area contributed by atoms with Crippen LogP contribution >= 0.6 is 0 Å². The van der Waals surface area contributed by atoms with Crippen LogP contribution in [0.1, 0.15) is 43.6 Å². The van der Waals surface area contributed by atoms with E-state index < -0.39 is 6.10 Å². The van der Waals surface area contributed by atoms with Crippen molar-refractivity contribution in [2.24, 2.45) is 0 Å². The summed E-state index contributed by atoms with van der Waals surface area (Å²) in [7, 11) is 1.62. The SMILES string of the molecule is CCC(O)c1ccc(O)c(O)c1-c1ccccc1C(C)OC. The number of rotatable bonds is 5. The smallest absolute Gasteiger partial charge is 0.165 e. The maximum absolute atomic E-state index is 10.4. The predicted molar refractivity (Wildman–Crippen MR) is 85.9 cm³/mol. The quantitative estimate of drug-likeness (QED) is 0.732. The van der Waals surface area contributed by atoms with Crippen LogP contribution in [-0.2, 0) is 4.74 Å². The van der Waals surface area contributed by atoms with Gasteiger partial charge in [-0.3, -0.25) is 0 Å². The third-order valence-electron chi connectivity index (χ3n) is 3.96. The van der Waals surface area contributed by atoms with Crippen LogP contribution in [0.3, 0.4) is 0 Å². The number of methoxy groups -OCH3 is 1. The summed E-state index contributed by atoms with van der Waals surface area (Å²) in [6, 6.07) is 10.6. The minimum atomic E-state index is -0.715. The van der Waals surface area contributed by atoms with Gasteiger partial charge in [0.15, 0.2) is 11.5 Å². The Morgan fingerprint density at radius 3 is 2.36 bits per heavy atom. The van der Waals surface area contributed by atoms with Crippen LogP contribution in [-0.4, -0.2) is 22.4 Å². The topological polar surface area (TPSA) is 69.9 Å². The van der Waals surface area contributed by atoms with Gasteiger partial charge >= 0.3 is 0 Å². The maximum atomic E-state index is 10.4. The first-order chi connectivity index (χ1) is 10.5. The van der Waals surface area contributed by atoms with Crippen LogP contribution in [0.4, 0.5) is 0 Å². The third kappa shape index (κ3) is 2.93. The summed E-state index contributed by atoms with van der Waals surface area (Å²) in [4.78, 5) is 0. The fourth-order valence-electron chi connectivity index (χ4n) is 2.58. The van der Waals surface area contributed by atoms with Crippen LogP contribution in [0.2, 0.25) is 0 Å². The minimum Gasteiger partial charge on any atom is -0.504 e. The van der Waals surface area contributed by atoms with Gasteiger partial charge in [0.25, 0.3) is 0 Å². The van der Waals surface area contributed by atoms with Gasteiger partial charge in [-0.1, -0.05) is 37.3 Å². The molecule has 0 aliphatic heterocycles. The summed E-state index contributed by atoms with van der Waals surface area (Å²) < 4.78 is 5.39. The van der Waals surface area contributed by atoms with Gasteiger partial charge < -0.3 is 20.1 Å². The highest BCUT2D eigenvalue weighted by atomic mass is 16.5. The molecule has 0 heterocycles. The fourth-order valence-corrected chi connectivity index (χ4v) is 2.58. The summed E-state index contributed by atoms with van der Waals surface area (Å²) in [5, 5.41) is 30.5. The summed E-state index contributed by atoms with van der Waals surface area (Å²) in [5.74, 6) is -0.428. The Morgan fingerprint density at radius 2 is 1.73 bits per heavy atom. The largest absolute Gasteiger partial charge is 0.504 e. The molecule has 2 rings (SSSR count). The molecule has 0 fully saturated rings. The zero-order valence-electron chi connectivity index (χ0n) is 13.1. The number of hydrogen-bond donors (Lipinski definition) is 3. The highest BCUT2D eigenvalue weighted by Crippen LogP contribution is 2.44. The molecular weight excluding hydrogens is 280 g/mol. The Bertz CT molecular complexity index is 652. The van der Waals surface area contributed by atoms with Crippen LogP contribution in [0.5, 0.6) is 11.5 Å². The molecule has 0 saturated carbocycles. The van der Waals surface area contributed by atoms with Gasteiger partial charge in [0.2, 0.25) is 0 Å². The number of aromatic hydroxyl groups is 2. The Hall–Kier alpha value is -2.04. The third-order valence-corrected chi connectivity index (χ3v) is 3.96. The lowest BCUT2D eigenvalue weighted by molar-refractivity contribution is 0.120. The zero-order valence-corrected chi connectivity index (χ0v) is 13.1. The van der Waals surface area contributed by atoms with Gasteiger partial charge in [-0.2, -0.15) is 0 Å². The molecule has 118 valence electrons. The molecule has 0 saturated heterocycles. The second kappa shape index (κ2) is 6.81. The average molecular weight is 302 g/mol. The van der Waals surface area contributed by atoms with Crippen molar-refractivity contribution in [3.8, 4) is 22.6 Å². The first-order valence-corrected chi connectivity index (χ1v) is 7.36. The minimum absolute atomic E-state index is 0.176. The Kier molecular flexibility index (Phi) is 5.06. The van der Waals surface area contributed by atoms with Crippen molar-refractivity contribution in [1.29, 1.82) is 0 Å². The van der Waals surface area contributed by atoms with E-state index in [1.165, 1.54) is 6.07 Å². The van der Waals surface area contributed by atoms with Gasteiger partial charge in [0, 0.05) is 12.7 Å². The molecule has 2 unspecified atom stereocenters. The zero-order chi connectivity index (χ0) is 16.3. The van der Waals surface area contributed by atoms with E-state index in [-0.39, 0.29) is 17.6 Å². The van der Waals surface area contributed by atoms with Crippen molar-refractivity contribution < 1.29 is 20.1 Å². The summed E-state index contributed by atoms with van der Waals surface area (Å²) in [6.45, 7) is 3.77. The van der Waals surface area contributed by atoms with Crippen LogP contribution in [0, 0.1) is 0 Å². The molecule has 3 N–H and O–H groups in total. The van der Waals surface area contributed by atoms with Gasteiger partial charge in [-0.05, 0) is 36.1 Å². The summed E-state index contributed by atoms with van der Waals surface area (Å²) in [5.41, 5.74) is 2.67. The normalized spacial score (nSPS) is 13.8. The van der Waals surface area contributed by atoms with Crippen molar-refractivity contribution in [2.45, 2.75) is 32.5 Å². The molecular formula is C18H22O4. The highest BCUT2D eigenvalue weighted by molar-refractivity contribution is 5.79. The molecule has 4 nitrogen and oxygen atoms in total. The first kappa shape index (κ1) is 16.3. The number of ether oxygens (including phenoxy) is 1. The average Bonchev–Trinajstić information content (AvgIpc) is 2.55. The molecule has 4 heteroatoms. The van der Waals surface area contributed by atoms with E-state index in [9.17, 15) is 15.3 Å². The molecule has 22 heavy (non-hydrogen) atoms. The monoisotopic (exact) mass is 302 g/mol. The molecule has 0 spiro atoms. The second-order valence-electron chi connectivity index (χ2n) is 5.29. The van der Waals surface area contributed by atoms with E-state index in [2.05, 4.69) is 0 Å². The van der Waals surface area contributed by atoms with Crippen molar-refractivity contribution in [1.82, 2.24) is 0 Å². The lowest BCUT2D eigenvalue weighted by Gasteiger charge is -2.21. The highest BCUT2D eigenvalue weighted by Gasteiger charge is 2.22. The van der Waals surface area contributed by atoms with E-state index in [0.717, 1.165) is 11.1 Å². The van der Waals surface area contributed by atoms with Crippen LogP contribution in [0.15, 0.2) is 36.4 Å². The lowest BCUT2D eigenvalue weighted by atomic mass is 9.89. The lowest BCUT2D eigenvalue weighted by Crippen LogP contribution is -2.03. The van der Waals surface area contributed by atoms with E-state index in [0.29, 0.717) is 17.5 Å². The Balaban J connectivity index is 2.74. The van der Waals surface area contributed by atoms with Crippen molar-refractivity contribution in [2.75, 3.05) is 7.11 Å². The number of hydrogen-bond acceptors (Lipinski definition) is 4. The summed E-state index contributed by atoms with van der Waals surface area (Å²) >= 11 is 0. The van der Waals surface area contributed by atoms with Gasteiger partial charge in [0.05, 0.1) is 12.2 Å². The second-order valence-corrected chi connectivity index (χ2v) is 5.29.